The second-order valence-corrected chi connectivity index (χ2v) is 5.47. The molecular formula is C17H14ClN3O2. The van der Waals surface area contributed by atoms with Gasteiger partial charge in [-0.05, 0) is 36.2 Å². The van der Waals surface area contributed by atoms with Crippen molar-refractivity contribution in [1.82, 2.24) is 15.3 Å². The van der Waals surface area contributed by atoms with Crippen molar-refractivity contribution in [3.8, 4) is 5.75 Å². The molecule has 0 bridgehead atoms. The average molecular weight is 328 g/mol. The minimum Gasteiger partial charge on any atom is -0.504 e. The molecule has 0 atom stereocenters. The number of nitrogens with one attached hydrogen (secondary N) is 1. The van der Waals surface area contributed by atoms with Crippen LogP contribution in [0.3, 0.4) is 0 Å². The fourth-order valence-corrected chi connectivity index (χ4v) is 2.50. The molecule has 2 heterocycles. The van der Waals surface area contributed by atoms with E-state index in [0.717, 1.165) is 5.56 Å². The largest absolute Gasteiger partial charge is 0.504 e. The number of pyridine rings is 2. The summed E-state index contributed by atoms with van der Waals surface area (Å²) >= 11 is 5.92. The van der Waals surface area contributed by atoms with E-state index in [0.29, 0.717) is 28.9 Å². The van der Waals surface area contributed by atoms with Crippen LogP contribution in [0.5, 0.6) is 5.75 Å². The molecular weight excluding hydrogens is 314 g/mol. The standard InChI is InChI=1S/C17H14ClN3O2/c18-13-5-1-3-11(9-13)6-8-20-17(23)15-16(22)14-12(10-21-15)4-2-7-19-14/h1-5,7,9-10,22H,6,8H2,(H,20,23). The second kappa shape index (κ2) is 6.62. The fraction of sp³-hybridized carbons (Fsp3) is 0.118. The summed E-state index contributed by atoms with van der Waals surface area (Å²) in [7, 11) is 0. The van der Waals surface area contributed by atoms with Crippen LogP contribution >= 0.6 is 11.6 Å². The molecule has 0 saturated heterocycles. The summed E-state index contributed by atoms with van der Waals surface area (Å²) in [6.45, 7) is 0.417. The maximum atomic E-state index is 12.2. The van der Waals surface area contributed by atoms with Gasteiger partial charge in [0.05, 0.1) is 0 Å². The van der Waals surface area contributed by atoms with Gasteiger partial charge in [0.2, 0.25) is 0 Å². The van der Waals surface area contributed by atoms with Gasteiger partial charge in [-0.2, -0.15) is 0 Å². The molecule has 0 spiro atoms. The monoisotopic (exact) mass is 327 g/mol. The third-order valence-corrected chi connectivity index (χ3v) is 3.66. The number of halogens is 1. The molecule has 2 N–H and O–H groups in total. The van der Waals surface area contributed by atoms with E-state index >= 15 is 0 Å². The normalized spacial score (nSPS) is 10.7. The van der Waals surface area contributed by atoms with Crippen LogP contribution in [0.25, 0.3) is 10.9 Å². The van der Waals surface area contributed by atoms with Crippen LogP contribution in [0.2, 0.25) is 5.02 Å². The molecule has 2 aromatic heterocycles. The van der Waals surface area contributed by atoms with Crippen molar-refractivity contribution in [2.24, 2.45) is 0 Å². The minimum absolute atomic E-state index is 0.0257. The number of aromatic hydroxyl groups is 1. The lowest BCUT2D eigenvalue weighted by molar-refractivity contribution is 0.0946. The maximum absolute atomic E-state index is 12.2. The fourth-order valence-electron chi connectivity index (χ4n) is 2.29. The number of rotatable bonds is 4. The lowest BCUT2D eigenvalue weighted by Gasteiger charge is -2.08. The Morgan fingerprint density at radius 3 is 2.91 bits per heavy atom. The molecule has 0 radical (unpaired) electrons. The van der Waals surface area contributed by atoms with Crippen LogP contribution in [0.15, 0.2) is 48.8 Å². The number of hydrogen-bond acceptors (Lipinski definition) is 4. The highest BCUT2D eigenvalue weighted by molar-refractivity contribution is 6.30. The second-order valence-electron chi connectivity index (χ2n) is 5.03. The molecule has 0 aliphatic rings. The van der Waals surface area contributed by atoms with E-state index in [1.165, 1.54) is 6.20 Å². The zero-order valence-corrected chi connectivity index (χ0v) is 12.9. The van der Waals surface area contributed by atoms with Crippen molar-refractivity contribution < 1.29 is 9.90 Å². The van der Waals surface area contributed by atoms with Crippen molar-refractivity contribution in [2.75, 3.05) is 6.54 Å². The molecule has 6 heteroatoms. The van der Waals surface area contributed by atoms with Gasteiger partial charge in [0, 0.05) is 29.3 Å². The van der Waals surface area contributed by atoms with Crippen LogP contribution < -0.4 is 5.32 Å². The molecule has 1 aromatic carbocycles. The van der Waals surface area contributed by atoms with Crippen molar-refractivity contribution >= 4 is 28.4 Å². The molecule has 1 amide bonds. The number of nitrogens with zero attached hydrogens (tertiary/aromatic N) is 2. The first-order chi connectivity index (χ1) is 11.1. The highest BCUT2D eigenvalue weighted by atomic mass is 35.5. The maximum Gasteiger partial charge on any atom is 0.273 e. The zero-order chi connectivity index (χ0) is 16.2. The highest BCUT2D eigenvalue weighted by Gasteiger charge is 2.15. The average Bonchev–Trinajstić information content (AvgIpc) is 2.55. The van der Waals surface area contributed by atoms with Gasteiger partial charge in [-0.15, -0.1) is 0 Å². The Kier molecular flexibility index (Phi) is 4.39. The van der Waals surface area contributed by atoms with Crippen molar-refractivity contribution in [3.05, 3.63) is 65.1 Å². The van der Waals surface area contributed by atoms with Gasteiger partial charge in [-0.3, -0.25) is 9.78 Å². The number of aromatic nitrogens is 2. The SMILES string of the molecule is O=C(NCCc1cccc(Cl)c1)c1ncc2cccnc2c1O. The molecule has 0 unspecified atom stereocenters. The van der Waals surface area contributed by atoms with E-state index in [2.05, 4.69) is 15.3 Å². The van der Waals surface area contributed by atoms with Gasteiger partial charge >= 0.3 is 0 Å². The summed E-state index contributed by atoms with van der Waals surface area (Å²) < 4.78 is 0. The van der Waals surface area contributed by atoms with Crippen LogP contribution in [0, 0.1) is 0 Å². The first kappa shape index (κ1) is 15.2. The van der Waals surface area contributed by atoms with Gasteiger partial charge in [0.1, 0.15) is 5.52 Å². The Balaban J connectivity index is 1.70. The number of carbonyl (C=O) groups is 1. The molecule has 0 saturated carbocycles. The number of amides is 1. The molecule has 116 valence electrons. The predicted octanol–water partition coefficient (Wildman–Crippen LogP) is 2.96. The molecule has 3 aromatic rings. The summed E-state index contributed by atoms with van der Waals surface area (Å²) in [6, 6.07) is 11.0. The van der Waals surface area contributed by atoms with E-state index in [1.54, 1.807) is 24.4 Å². The lowest BCUT2D eigenvalue weighted by Crippen LogP contribution is -2.26. The van der Waals surface area contributed by atoms with Crippen molar-refractivity contribution in [3.63, 3.8) is 0 Å². The number of benzene rings is 1. The van der Waals surface area contributed by atoms with Gasteiger partial charge in [0.25, 0.3) is 5.91 Å². The van der Waals surface area contributed by atoms with Crippen LogP contribution in [-0.4, -0.2) is 27.5 Å². The van der Waals surface area contributed by atoms with Crippen LogP contribution in [0.1, 0.15) is 16.1 Å². The van der Waals surface area contributed by atoms with Crippen LogP contribution in [0.4, 0.5) is 0 Å². The Morgan fingerprint density at radius 1 is 1.22 bits per heavy atom. The first-order valence-corrected chi connectivity index (χ1v) is 7.48. The van der Waals surface area contributed by atoms with Gasteiger partial charge in [-0.1, -0.05) is 23.7 Å². The summed E-state index contributed by atoms with van der Waals surface area (Å²) in [5.74, 6) is -0.638. The molecule has 0 fully saturated rings. The number of fused-ring (bicyclic) bond motifs is 1. The highest BCUT2D eigenvalue weighted by Crippen LogP contribution is 2.24. The van der Waals surface area contributed by atoms with E-state index < -0.39 is 5.91 Å². The van der Waals surface area contributed by atoms with Gasteiger partial charge in [0.15, 0.2) is 11.4 Å². The summed E-state index contributed by atoms with van der Waals surface area (Å²) in [5.41, 5.74) is 1.36. The van der Waals surface area contributed by atoms with Gasteiger partial charge < -0.3 is 10.4 Å². The van der Waals surface area contributed by atoms with E-state index in [4.69, 9.17) is 11.6 Å². The Bertz CT molecular complexity index is 867. The zero-order valence-electron chi connectivity index (χ0n) is 12.2. The third-order valence-electron chi connectivity index (χ3n) is 3.42. The Morgan fingerprint density at radius 2 is 2.09 bits per heavy atom. The lowest BCUT2D eigenvalue weighted by atomic mass is 10.1. The number of hydrogen-bond donors (Lipinski definition) is 2. The summed E-state index contributed by atoms with van der Waals surface area (Å²) in [5, 5.41) is 14.3. The summed E-state index contributed by atoms with van der Waals surface area (Å²) in [6.07, 6.45) is 3.72. The van der Waals surface area contributed by atoms with E-state index in [-0.39, 0.29) is 11.4 Å². The Labute approximate surface area is 138 Å². The molecule has 5 nitrogen and oxygen atoms in total. The molecule has 0 aliphatic heterocycles. The van der Waals surface area contributed by atoms with Crippen molar-refractivity contribution in [1.29, 1.82) is 0 Å². The quantitative estimate of drug-likeness (QED) is 0.772. The number of carbonyl (C=O) groups excluding carboxylic acids is 1. The summed E-state index contributed by atoms with van der Waals surface area (Å²) in [4.78, 5) is 20.3. The first-order valence-electron chi connectivity index (χ1n) is 7.10. The van der Waals surface area contributed by atoms with E-state index in [1.807, 2.05) is 18.2 Å². The third kappa shape index (κ3) is 3.40. The molecule has 0 aliphatic carbocycles. The minimum atomic E-state index is -0.433. The topological polar surface area (TPSA) is 75.1 Å². The Hall–Kier alpha value is -2.66. The molecule has 3 rings (SSSR count). The van der Waals surface area contributed by atoms with Crippen LogP contribution in [-0.2, 0) is 6.42 Å². The smallest absolute Gasteiger partial charge is 0.273 e. The van der Waals surface area contributed by atoms with E-state index in [9.17, 15) is 9.90 Å². The van der Waals surface area contributed by atoms with Crippen molar-refractivity contribution in [2.45, 2.75) is 6.42 Å². The van der Waals surface area contributed by atoms with Gasteiger partial charge in [-0.25, -0.2) is 4.98 Å². The predicted molar refractivity (Wildman–Crippen MR) is 88.7 cm³/mol. The molecule has 23 heavy (non-hydrogen) atoms.